The molecular formula is C19H24N2O4. The van der Waals surface area contributed by atoms with Crippen molar-refractivity contribution >= 4 is 23.5 Å². The number of rotatable bonds is 3. The van der Waals surface area contributed by atoms with Crippen LogP contribution in [0.5, 0.6) is 0 Å². The van der Waals surface area contributed by atoms with Crippen LogP contribution >= 0.6 is 0 Å². The molecule has 0 bridgehead atoms. The summed E-state index contributed by atoms with van der Waals surface area (Å²) in [6.07, 6.45) is 1.27. The van der Waals surface area contributed by atoms with Crippen LogP contribution in [0.3, 0.4) is 0 Å². The molecule has 1 aromatic rings. The third-order valence-electron chi connectivity index (χ3n) is 5.71. The topological polar surface area (TPSA) is 77.9 Å². The number of carbonyl (C=O) groups is 3. The molecule has 2 saturated heterocycles. The van der Waals surface area contributed by atoms with E-state index in [-0.39, 0.29) is 18.2 Å². The van der Waals surface area contributed by atoms with Crippen molar-refractivity contribution in [3.63, 3.8) is 0 Å². The normalized spacial score (nSPS) is 26.4. The molecule has 2 unspecified atom stereocenters. The molecule has 2 amide bonds. The first kappa shape index (κ1) is 17.5. The molecule has 2 aliphatic heterocycles. The van der Waals surface area contributed by atoms with E-state index in [2.05, 4.69) is 0 Å². The number of aliphatic carboxylic acids is 1. The molecule has 0 saturated carbocycles. The molecule has 2 heterocycles. The number of amides is 2. The van der Waals surface area contributed by atoms with Gasteiger partial charge in [0.05, 0.1) is 5.92 Å². The van der Waals surface area contributed by atoms with Crippen molar-refractivity contribution < 1.29 is 19.5 Å². The number of hydrogen-bond acceptors (Lipinski definition) is 3. The zero-order chi connectivity index (χ0) is 18.4. The van der Waals surface area contributed by atoms with Crippen molar-refractivity contribution in [1.29, 1.82) is 0 Å². The predicted molar refractivity (Wildman–Crippen MR) is 93.4 cm³/mol. The van der Waals surface area contributed by atoms with Crippen LogP contribution < -0.4 is 4.90 Å². The minimum Gasteiger partial charge on any atom is -0.480 e. The van der Waals surface area contributed by atoms with Gasteiger partial charge in [-0.05, 0) is 50.8 Å². The third-order valence-corrected chi connectivity index (χ3v) is 5.71. The van der Waals surface area contributed by atoms with Crippen LogP contribution in [-0.2, 0) is 14.4 Å². The molecule has 134 valence electrons. The smallest absolute Gasteiger partial charge is 0.329 e. The Bertz CT molecular complexity index is 745. The Morgan fingerprint density at radius 2 is 2.00 bits per heavy atom. The summed E-state index contributed by atoms with van der Waals surface area (Å²) in [5.74, 6) is -1.76. The zero-order valence-corrected chi connectivity index (χ0v) is 14.9. The molecule has 0 aliphatic carbocycles. The molecule has 1 N–H and O–H groups in total. The van der Waals surface area contributed by atoms with Gasteiger partial charge in [0.2, 0.25) is 11.8 Å². The summed E-state index contributed by atoms with van der Waals surface area (Å²) >= 11 is 0. The number of nitrogens with zero attached hydrogens (tertiary/aromatic N) is 2. The summed E-state index contributed by atoms with van der Waals surface area (Å²) in [5, 5.41) is 9.51. The molecule has 6 heteroatoms. The highest BCUT2D eigenvalue weighted by Gasteiger charge is 2.49. The first-order valence-corrected chi connectivity index (χ1v) is 8.67. The van der Waals surface area contributed by atoms with Gasteiger partial charge in [-0.15, -0.1) is 0 Å². The standard InChI is InChI=1S/C19H24N2O4/c1-12-6-4-7-15(13(12)2)20-11-14(10-16(20)22)17(23)21-9-5-8-19(21,3)18(24)25/h4,6-7,14H,5,8-11H2,1-3H3,(H,24,25). The molecule has 2 atom stereocenters. The van der Waals surface area contributed by atoms with Crippen molar-refractivity contribution in [2.75, 3.05) is 18.0 Å². The average Bonchev–Trinajstić information content (AvgIpc) is 3.14. The molecule has 2 aliphatic rings. The maximum Gasteiger partial charge on any atom is 0.329 e. The maximum absolute atomic E-state index is 12.9. The molecule has 2 fully saturated rings. The lowest BCUT2D eigenvalue weighted by Crippen LogP contribution is -2.52. The molecule has 0 aromatic heterocycles. The van der Waals surface area contributed by atoms with Crippen LogP contribution in [0.4, 0.5) is 5.69 Å². The maximum atomic E-state index is 12.9. The molecule has 0 spiro atoms. The van der Waals surface area contributed by atoms with E-state index in [1.165, 1.54) is 4.90 Å². The third kappa shape index (κ3) is 2.79. The monoisotopic (exact) mass is 344 g/mol. The molecule has 6 nitrogen and oxygen atoms in total. The number of likely N-dealkylation sites (tertiary alicyclic amines) is 1. The number of aryl methyl sites for hydroxylation is 1. The molecule has 0 radical (unpaired) electrons. The van der Waals surface area contributed by atoms with E-state index in [0.717, 1.165) is 16.8 Å². The lowest BCUT2D eigenvalue weighted by Gasteiger charge is -2.33. The van der Waals surface area contributed by atoms with Crippen LogP contribution in [0.15, 0.2) is 18.2 Å². The van der Waals surface area contributed by atoms with Gasteiger partial charge in [-0.1, -0.05) is 12.1 Å². The van der Waals surface area contributed by atoms with Crippen molar-refractivity contribution in [3.8, 4) is 0 Å². The lowest BCUT2D eigenvalue weighted by atomic mass is 9.97. The summed E-state index contributed by atoms with van der Waals surface area (Å²) in [6, 6.07) is 5.79. The van der Waals surface area contributed by atoms with E-state index in [1.54, 1.807) is 11.8 Å². The highest BCUT2D eigenvalue weighted by Crippen LogP contribution is 2.35. The number of carbonyl (C=O) groups excluding carboxylic acids is 2. The van der Waals surface area contributed by atoms with Gasteiger partial charge >= 0.3 is 5.97 Å². The van der Waals surface area contributed by atoms with E-state index < -0.39 is 17.4 Å². The quantitative estimate of drug-likeness (QED) is 0.911. The summed E-state index contributed by atoms with van der Waals surface area (Å²) < 4.78 is 0. The van der Waals surface area contributed by atoms with Crippen LogP contribution in [0.1, 0.15) is 37.3 Å². The highest BCUT2D eigenvalue weighted by molar-refractivity contribution is 6.01. The van der Waals surface area contributed by atoms with E-state index in [9.17, 15) is 19.5 Å². The Kier molecular flexibility index (Phi) is 4.31. The van der Waals surface area contributed by atoms with Crippen molar-refractivity contribution in [2.45, 2.75) is 45.6 Å². The van der Waals surface area contributed by atoms with Crippen molar-refractivity contribution in [2.24, 2.45) is 5.92 Å². The summed E-state index contributed by atoms with van der Waals surface area (Å²) in [6.45, 7) is 6.31. The highest BCUT2D eigenvalue weighted by atomic mass is 16.4. The van der Waals surface area contributed by atoms with Gasteiger partial charge in [0, 0.05) is 25.2 Å². The molecule has 1 aromatic carbocycles. The lowest BCUT2D eigenvalue weighted by molar-refractivity contribution is -0.156. The van der Waals surface area contributed by atoms with Gasteiger partial charge in [-0.25, -0.2) is 4.79 Å². The summed E-state index contributed by atoms with van der Waals surface area (Å²) in [5.41, 5.74) is 1.80. The molecule has 3 rings (SSSR count). The van der Waals surface area contributed by atoms with E-state index >= 15 is 0 Å². The number of hydrogen-bond donors (Lipinski definition) is 1. The summed E-state index contributed by atoms with van der Waals surface area (Å²) in [7, 11) is 0. The van der Waals surface area contributed by atoms with E-state index in [1.807, 2.05) is 32.0 Å². The van der Waals surface area contributed by atoms with Crippen LogP contribution in [0, 0.1) is 19.8 Å². The van der Waals surface area contributed by atoms with Gasteiger partial charge in [-0.2, -0.15) is 0 Å². The molecule has 25 heavy (non-hydrogen) atoms. The Morgan fingerprint density at radius 1 is 1.28 bits per heavy atom. The van der Waals surface area contributed by atoms with Gasteiger partial charge in [-0.3, -0.25) is 9.59 Å². The van der Waals surface area contributed by atoms with Gasteiger partial charge in [0.15, 0.2) is 0 Å². The largest absolute Gasteiger partial charge is 0.480 e. The second-order valence-corrected chi connectivity index (χ2v) is 7.30. The summed E-state index contributed by atoms with van der Waals surface area (Å²) in [4.78, 5) is 40.2. The van der Waals surface area contributed by atoms with E-state index in [4.69, 9.17) is 0 Å². The van der Waals surface area contributed by atoms with Crippen molar-refractivity contribution in [3.05, 3.63) is 29.3 Å². The number of carboxylic acids is 1. The van der Waals surface area contributed by atoms with Gasteiger partial charge in [0.1, 0.15) is 5.54 Å². The fourth-order valence-electron chi connectivity index (χ4n) is 3.89. The molecular weight excluding hydrogens is 320 g/mol. The van der Waals surface area contributed by atoms with E-state index in [0.29, 0.717) is 25.9 Å². The Morgan fingerprint density at radius 3 is 2.68 bits per heavy atom. The van der Waals surface area contributed by atoms with Crippen LogP contribution in [-0.4, -0.2) is 46.4 Å². The predicted octanol–water partition coefficient (Wildman–Crippen LogP) is 2.12. The first-order chi connectivity index (χ1) is 11.8. The Balaban J connectivity index is 1.82. The Labute approximate surface area is 147 Å². The SMILES string of the molecule is Cc1cccc(N2CC(C(=O)N3CCCC3(C)C(=O)O)CC2=O)c1C. The minimum atomic E-state index is -1.16. The fourth-order valence-corrected chi connectivity index (χ4v) is 3.89. The van der Waals surface area contributed by atoms with Crippen molar-refractivity contribution in [1.82, 2.24) is 4.90 Å². The Hall–Kier alpha value is -2.37. The number of carboxylic acid groups (broad SMARTS) is 1. The van der Waals surface area contributed by atoms with Crippen LogP contribution in [0.2, 0.25) is 0 Å². The second-order valence-electron chi connectivity index (χ2n) is 7.30. The number of benzene rings is 1. The number of anilines is 1. The van der Waals surface area contributed by atoms with Crippen LogP contribution in [0.25, 0.3) is 0 Å². The van der Waals surface area contributed by atoms with Gasteiger partial charge < -0.3 is 14.9 Å². The second kappa shape index (κ2) is 6.17. The fraction of sp³-hybridized carbons (Fsp3) is 0.526. The van der Waals surface area contributed by atoms with Gasteiger partial charge in [0.25, 0.3) is 0 Å². The first-order valence-electron chi connectivity index (χ1n) is 8.67. The zero-order valence-electron chi connectivity index (χ0n) is 14.9. The minimum absolute atomic E-state index is 0.0803. The average molecular weight is 344 g/mol.